The molecule has 6 nitrogen and oxygen atoms in total. The minimum absolute atomic E-state index is 0.192. The molecule has 0 atom stereocenters. The average molecular weight is 283 g/mol. The van der Waals surface area contributed by atoms with Gasteiger partial charge < -0.3 is 19.8 Å². The largest absolute Gasteiger partial charge is 0.461 e. The van der Waals surface area contributed by atoms with Gasteiger partial charge in [-0.15, -0.1) is 0 Å². The highest BCUT2D eigenvalue weighted by molar-refractivity contribution is 7.80. The number of thiocarbonyl (C=S) groups is 1. The molecule has 0 aliphatic heterocycles. The third kappa shape index (κ3) is 3.66. The lowest BCUT2D eigenvalue weighted by Gasteiger charge is -2.19. The highest BCUT2D eigenvalue weighted by atomic mass is 32.1. The van der Waals surface area contributed by atoms with E-state index in [9.17, 15) is 4.79 Å². The van der Waals surface area contributed by atoms with Gasteiger partial charge in [0.05, 0.1) is 11.6 Å². The van der Waals surface area contributed by atoms with Crippen LogP contribution in [-0.2, 0) is 4.74 Å². The summed E-state index contributed by atoms with van der Waals surface area (Å²) in [6, 6.07) is 0.838. The van der Waals surface area contributed by atoms with Crippen molar-refractivity contribution in [3.05, 3.63) is 12.0 Å². The molecule has 1 saturated carbocycles. The molecule has 1 aliphatic carbocycles. The van der Waals surface area contributed by atoms with E-state index in [1.807, 2.05) is 4.90 Å². The van der Waals surface area contributed by atoms with Crippen LogP contribution < -0.4 is 10.6 Å². The van der Waals surface area contributed by atoms with E-state index in [2.05, 4.69) is 4.98 Å². The van der Waals surface area contributed by atoms with Gasteiger partial charge in [0, 0.05) is 19.0 Å². The Kier molecular flexibility index (Phi) is 4.36. The van der Waals surface area contributed by atoms with Crippen molar-refractivity contribution in [2.75, 3.05) is 18.1 Å². The van der Waals surface area contributed by atoms with Crippen molar-refractivity contribution in [2.45, 2.75) is 32.2 Å². The fourth-order valence-corrected chi connectivity index (χ4v) is 1.84. The Hall–Kier alpha value is -1.63. The van der Waals surface area contributed by atoms with Gasteiger partial charge in [0.25, 0.3) is 6.01 Å². The number of rotatable bonds is 7. The van der Waals surface area contributed by atoms with Crippen molar-refractivity contribution in [3.63, 3.8) is 0 Å². The summed E-state index contributed by atoms with van der Waals surface area (Å²) in [5.41, 5.74) is 5.70. The van der Waals surface area contributed by atoms with E-state index in [0.29, 0.717) is 36.6 Å². The smallest absolute Gasteiger partial charge is 0.360 e. The van der Waals surface area contributed by atoms with Crippen LogP contribution in [0.5, 0.6) is 0 Å². The monoisotopic (exact) mass is 283 g/mol. The molecule has 0 aromatic carbocycles. The molecule has 19 heavy (non-hydrogen) atoms. The maximum atomic E-state index is 11.5. The summed E-state index contributed by atoms with van der Waals surface area (Å²) in [5, 5.41) is 0. The Morgan fingerprint density at radius 3 is 3.00 bits per heavy atom. The van der Waals surface area contributed by atoms with Crippen molar-refractivity contribution in [2.24, 2.45) is 5.73 Å². The summed E-state index contributed by atoms with van der Waals surface area (Å²) in [6.07, 6.45) is 4.11. The summed E-state index contributed by atoms with van der Waals surface area (Å²) < 4.78 is 10.2. The molecule has 1 aromatic rings. The Morgan fingerprint density at radius 2 is 2.42 bits per heavy atom. The van der Waals surface area contributed by atoms with Crippen molar-refractivity contribution in [3.8, 4) is 0 Å². The highest BCUT2D eigenvalue weighted by Gasteiger charge is 2.32. The number of nitrogens with zero attached hydrogens (tertiary/aromatic N) is 2. The topological polar surface area (TPSA) is 81.6 Å². The molecular formula is C12H17N3O3S. The van der Waals surface area contributed by atoms with E-state index in [1.165, 1.54) is 6.26 Å². The van der Waals surface area contributed by atoms with Crippen LogP contribution >= 0.6 is 12.2 Å². The molecule has 1 aromatic heterocycles. The second-order valence-electron chi connectivity index (χ2n) is 4.38. The van der Waals surface area contributed by atoms with E-state index < -0.39 is 5.97 Å². The van der Waals surface area contributed by atoms with E-state index in [4.69, 9.17) is 27.1 Å². The van der Waals surface area contributed by atoms with Crippen LogP contribution in [0.25, 0.3) is 0 Å². The lowest BCUT2D eigenvalue weighted by molar-refractivity contribution is 0.0519. The highest BCUT2D eigenvalue weighted by Crippen LogP contribution is 2.31. The molecule has 0 amide bonds. The van der Waals surface area contributed by atoms with Gasteiger partial charge in [0.2, 0.25) is 0 Å². The zero-order chi connectivity index (χ0) is 13.8. The second kappa shape index (κ2) is 6.01. The van der Waals surface area contributed by atoms with Crippen LogP contribution in [0.4, 0.5) is 6.01 Å². The Labute approximate surface area is 116 Å². The number of anilines is 1. The van der Waals surface area contributed by atoms with Crippen molar-refractivity contribution in [1.82, 2.24) is 4.98 Å². The van der Waals surface area contributed by atoms with E-state index >= 15 is 0 Å². The normalized spacial score (nSPS) is 14.2. The third-order valence-corrected chi connectivity index (χ3v) is 3.01. The van der Waals surface area contributed by atoms with Crippen LogP contribution in [0, 0.1) is 0 Å². The molecule has 0 spiro atoms. The van der Waals surface area contributed by atoms with Crippen LogP contribution in [0.2, 0.25) is 0 Å². The Morgan fingerprint density at radius 1 is 1.68 bits per heavy atom. The van der Waals surface area contributed by atoms with Gasteiger partial charge in [0.15, 0.2) is 5.69 Å². The maximum Gasteiger partial charge on any atom is 0.360 e. The number of hydrogen-bond donors (Lipinski definition) is 1. The van der Waals surface area contributed by atoms with Crippen LogP contribution in [0.1, 0.15) is 36.7 Å². The standard InChI is InChI=1S/C12H17N3O3S/c1-2-17-11(16)9-7-18-12(14-9)15(8-3-4-8)6-5-10(13)19/h7-8H,2-6H2,1H3,(H2,13,19). The number of carbonyl (C=O) groups is 1. The second-order valence-corrected chi connectivity index (χ2v) is 4.90. The summed E-state index contributed by atoms with van der Waals surface area (Å²) in [7, 11) is 0. The van der Waals surface area contributed by atoms with Crippen molar-refractivity contribution >= 4 is 29.2 Å². The van der Waals surface area contributed by atoms with Gasteiger partial charge >= 0.3 is 5.97 Å². The zero-order valence-electron chi connectivity index (χ0n) is 10.8. The summed E-state index contributed by atoms with van der Waals surface area (Å²) in [5.74, 6) is -0.470. The number of hydrogen-bond acceptors (Lipinski definition) is 6. The van der Waals surface area contributed by atoms with Crippen molar-refractivity contribution in [1.29, 1.82) is 0 Å². The SMILES string of the molecule is CCOC(=O)c1coc(N(CCC(N)=S)C2CC2)n1. The molecule has 1 heterocycles. The van der Waals surface area contributed by atoms with Gasteiger partial charge in [-0.1, -0.05) is 12.2 Å². The fraction of sp³-hybridized carbons (Fsp3) is 0.583. The average Bonchev–Trinajstić information content (AvgIpc) is 3.06. The molecule has 2 rings (SSSR count). The van der Waals surface area contributed by atoms with Gasteiger partial charge in [-0.05, 0) is 19.8 Å². The van der Waals surface area contributed by atoms with E-state index in [0.717, 1.165) is 12.8 Å². The number of oxazole rings is 1. The first-order valence-corrected chi connectivity index (χ1v) is 6.70. The molecule has 1 fully saturated rings. The molecule has 104 valence electrons. The summed E-state index contributed by atoms with van der Waals surface area (Å²) in [6.45, 7) is 2.72. The van der Waals surface area contributed by atoms with Gasteiger partial charge in [-0.2, -0.15) is 4.98 Å². The lowest BCUT2D eigenvalue weighted by atomic mass is 10.4. The molecule has 0 bridgehead atoms. The fourth-order valence-electron chi connectivity index (χ4n) is 1.75. The molecule has 1 aliphatic rings. The van der Waals surface area contributed by atoms with Gasteiger partial charge in [0.1, 0.15) is 6.26 Å². The minimum Gasteiger partial charge on any atom is -0.461 e. The van der Waals surface area contributed by atoms with Gasteiger partial charge in [-0.25, -0.2) is 4.79 Å². The predicted octanol–water partition coefficient (Wildman–Crippen LogP) is 1.50. The lowest BCUT2D eigenvalue weighted by Crippen LogP contribution is -2.29. The maximum absolute atomic E-state index is 11.5. The predicted molar refractivity (Wildman–Crippen MR) is 74.2 cm³/mol. The molecule has 0 saturated heterocycles. The third-order valence-electron chi connectivity index (χ3n) is 2.81. The van der Waals surface area contributed by atoms with Gasteiger partial charge in [-0.3, -0.25) is 0 Å². The first-order chi connectivity index (χ1) is 9.11. The molecule has 2 N–H and O–H groups in total. The van der Waals surface area contributed by atoms with Crippen LogP contribution in [0.15, 0.2) is 10.7 Å². The molecule has 0 radical (unpaired) electrons. The van der Waals surface area contributed by atoms with E-state index in [-0.39, 0.29) is 5.69 Å². The van der Waals surface area contributed by atoms with E-state index in [1.54, 1.807) is 6.92 Å². The number of nitrogens with two attached hydrogens (primary N) is 1. The molecule has 0 unspecified atom stereocenters. The first-order valence-electron chi connectivity index (χ1n) is 6.29. The molecular weight excluding hydrogens is 266 g/mol. The molecule has 7 heteroatoms. The summed E-state index contributed by atoms with van der Waals surface area (Å²) >= 11 is 4.88. The Bertz CT molecular complexity index is 471. The number of esters is 1. The van der Waals surface area contributed by atoms with Crippen LogP contribution in [0.3, 0.4) is 0 Å². The van der Waals surface area contributed by atoms with Crippen LogP contribution in [-0.4, -0.2) is 35.1 Å². The number of aromatic nitrogens is 1. The quantitative estimate of drug-likeness (QED) is 0.599. The minimum atomic E-state index is -0.470. The summed E-state index contributed by atoms with van der Waals surface area (Å²) in [4.78, 5) is 18.2. The number of ether oxygens (including phenoxy) is 1. The first kappa shape index (κ1) is 13.8. The Balaban J connectivity index is 2.05. The zero-order valence-corrected chi connectivity index (χ0v) is 11.6. The van der Waals surface area contributed by atoms with Crippen molar-refractivity contribution < 1.29 is 13.9 Å². The number of carbonyl (C=O) groups excluding carboxylic acids is 1.